The Morgan fingerprint density at radius 3 is 2.78 bits per heavy atom. The summed E-state index contributed by atoms with van der Waals surface area (Å²) in [5.41, 5.74) is 4.89. The lowest BCUT2D eigenvalue weighted by atomic mass is 10.1. The van der Waals surface area contributed by atoms with Crippen molar-refractivity contribution in [2.24, 2.45) is 0 Å². The third-order valence-corrected chi connectivity index (χ3v) is 6.59. The number of para-hydroxylation sites is 1. The summed E-state index contributed by atoms with van der Waals surface area (Å²) < 4.78 is 26.7. The predicted molar refractivity (Wildman–Crippen MR) is 123 cm³/mol. The lowest BCUT2D eigenvalue weighted by Gasteiger charge is -2.21. The van der Waals surface area contributed by atoms with Crippen LogP contribution in [0.2, 0.25) is 0 Å². The van der Waals surface area contributed by atoms with Gasteiger partial charge in [0.05, 0.1) is 23.2 Å². The fourth-order valence-electron chi connectivity index (χ4n) is 3.81. The van der Waals surface area contributed by atoms with E-state index in [1.54, 1.807) is 10.6 Å². The smallest absolute Gasteiger partial charge is 0.266 e. The molecule has 0 fully saturated rings. The number of fused-ring (bicyclic) bond motifs is 2. The van der Waals surface area contributed by atoms with Crippen molar-refractivity contribution >= 4 is 22.7 Å². The van der Waals surface area contributed by atoms with Crippen molar-refractivity contribution in [3.8, 4) is 11.4 Å². The molecule has 2 heterocycles. The van der Waals surface area contributed by atoms with E-state index in [4.69, 9.17) is 14.5 Å². The van der Waals surface area contributed by atoms with Gasteiger partial charge >= 0.3 is 0 Å². The van der Waals surface area contributed by atoms with Gasteiger partial charge in [-0.2, -0.15) is 0 Å². The molecule has 0 N–H and O–H groups in total. The van der Waals surface area contributed by atoms with E-state index >= 15 is 0 Å². The minimum absolute atomic E-state index is 0.132. The second-order valence-corrected chi connectivity index (χ2v) is 8.72. The van der Waals surface area contributed by atoms with Crippen LogP contribution in [0.5, 0.6) is 5.75 Å². The van der Waals surface area contributed by atoms with Crippen molar-refractivity contribution in [2.45, 2.75) is 31.4 Å². The average molecular weight is 449 g/mol. The first-order valence-electron chi connectivity index (χ1n) is 10.3. The predicted octanol–water partition coefficient (Wildman–Crippen LogP) is 5.30. The topological polar surface area (TPSA) is 53.4 Å². The Hall–Kier alpha value is -3.16. The van der Waals surface area contributed by atoms with E-state index in [0.717, 1.165) is 16.8 Å². The van der Waals surface area contributed by atoms with Crippen molar-refractivity contribution in [3.05, 3.63) is 93.0 Å². The fourth-order valence-corrected chi connectivity index (χ4v) is 4.79. The van der Waals surface area contributed by atoms with Crippen LogP contribution in [-0.2, 0) is 17.1 Å². The van der Waals surface area contributed by atoms with E-state index in [0.29, 0.717) is 45.3 Å². The largest absolute Gasteiger partial charge is 0.467 e. The lowest BCUT2D eigenvalue weighted by molar-refractivity contribution is -0.0171. The fraction of sp³-hybridized carbons (Fsp3) is 0.200. The molecule has 1 aliphatic rings. The highest BCUT2D eigenvalue weighted by atomic mass is 32.2. The second-order valence-electron chi connectivity index (χ2n) is 7.77. The highest BCUT2D eigenvalue weighted by Gasteiger charge is 2.19. The molecule has 1 aromatic heterocycles. The summed E-state index contributed by atoms with van der Waals surface area (Å²) in [6.07, 6.45) is 0. The number of aryl methyl sites for hydroxylation is 2. The maximum Gasteiger partial charge on any atom is 0.266 e. The molecule has 3 aromatic carbocycles. The second kappa shape index (κ2) is 8.41. The Labute approximate surface area is 188 Å². The third-order valence-electron chi connectivity index (χ3n) is 5.60. The molecule has 0 atom stereocenters. The lowest BCUT2D eigenvalue weighted by Crippen LogP contribution is -2.22. The first kappa shape index (κ1) is 20.7. The van der Waals surface area contributed by atoms with Gasteiger partial charge in [0, 0.05) is 16.9 Å². The van der Waals surface area contributed by atoms with Crippen LogP contribution in [0, 0.1) is 19.7 Å². The summed E-state index contributed by atoms with van der Waals surface area (Å²) in [4.78, 5) is 18.2. The van der Waals surface area contributed by atoms with E-state index in [9.17, 15) is 9.18 Å². The molecule has 5 nitrogen and oxygen atoms in total. The van der Waals surface area contributed by atoms with Crippen molar-refractivity contribution in [1.29, 1.82) is 0 Å². The van der Waals surface area contributed by atoms with Crippen LogP contribution in [0.3, 0.4) is 0 Å². The molecule has 0 radical (unpaired) electrons. The Morgan fingerprint density at radius 1 is 1.09 bits per heavy atom. The molecule has 0 amide bonds. The molecule has 0 unspecified atom stereocenters. The summed E-state index contributed by atoms with van der Waals surface area (Å²) in [5.74, 6) is 0.702. The van der Waals surface area contributed by atoms with Gasteiger partial charge in [0.25, 0.3) is 5.56 Å². The van der Waals surface area contributed by atoms with E-state index in [2.05, 4.69) is 0 Å². The summed E-state index contributed by atoms with van der Waals surface area (Å²) >= 11 is 1.38. The molecular weight excluding hydrogens is 427 g/mol. The number of rotatable bonds is 4. The van der Waals surface area contributed by atoms with Crippen molar-refractivity contribution < 1.29 is 13.9 Å². The van der Waals surface area contributed by atoms with E-state index in [1.807, 2.05) is 50.2 Å². The van der Waals surface area contributed by atoms with Crippen LogP contribution in [0.1, 0.15) is 22.3 Å². The zero-order valence-electron chi connectivity index (χ0n) is 17.7. The number of nitrogens with zero attached hydrogens (tertiary/aromatic N) is 2. The van der Waals surface area contributed by atoms with Crippen LogP contribution in [0.15, 0.2) is 64.5 Å². The molecule has 7 heteroatoms. The molecule has 0 spiro atoms. The summed E-state index contributed by atoms with van der Waals surface area (Å²) in [5, 5.41) is 1.10. The number of aromatic nitrogens is 2. The Bertz CT molecular complexity index is 1400. The number of benzene rings is 3. The normalized spacial score (nSPS) is 13.1. The van der Waals surface area contributed by atoms with Gasteiger partial charge in [-0.25, -0.2) is 9.37 Å². The zero-order valence-corrected chi connectivity index (χ0v) is 18.5. The Morgan fingerprint density at radius 2 is 1.94 bits per heavy atom. The maximum absolute atomic E-state index is 14.2. The Balaban J connectivity index is 1.62. The number of hydrogen-bond acceptors (Lipinski definition) is 5. The standard InChI is InChI=1S/C25H21FN2O3S/c1-15-7-8-20(9-16(15)2)28-24(29)21-5-3-4-6-22(21)27-25(28)32-13-18-11-19(26)10-17-12-30-14-31-23(17)18/h3-11H,12-14H2,1-2H3. The van der Waals surface area contributed by atoms with Gasteiger partial charge in [0.2, 0.25) is 0 Å². The number of hydrogen-bond donors (Lipinski definition) is 0. The van der Waals surface area contributed by atoms with Crippen LogP contribution < -0.4 is 10.3 Å². The molecular formula is C25H21FN2O3S. The van der Waals surface area contributed by atoms with E-state index in [-0.39, 0.29) is 18.2 Å². The van der Waals surface area contributed by atoms with Gasteiger partial charge in [-0.1, -0.05) is 30.0 Å². The molecule has 5 rings (SSSR count). The van der Waals surface area contributed by atoms with Crippen molar-refractivity contribution in [1.82, 2.24) is 9.55 Å². The summed E-state index contributed by atoms with van der Waals surface area (Å²) in [6, 6.07) is 16.1. The quantitative estimate of drug-likeness (QED) is 0.313. The molecule has 0 saturated carbocycles. The minimum Gasteiger partial charge on any atom is -0.467 e. The first-order chi connectivity index (χ1) is 15.5. The van der Waals surface area contributed by atoms with Gasteiger partial charge in [-0.15, -0.1) is 0 Å². The number of thioether (sulfide) groups is 1. The van der Waals surface area contributed by atoms with Crippen LogP contribution in [0.25, 0.3) is 16.6 Å². The molecule has 0 bridgehead atoms. The highest BCUT2D eigenvalue weighted by molar-refractivity contribution is 7.98. The van der Waals surface area contributed by atoms with Crippen molar-refractivity contribution in [3.63, 3.8) is 0 Å². The average Bonchev–Trinajstić information content (AvgIpc) is 2.79. The van der Waals surface area contributed by atoms with Crippen LogP contribution in [0.4, 0.5) is 4.39 Å². The van der Waals surface area contributed by atoms with Gasteiger partial charge in [0.15, 0.2) is 11.9 Å². The monoisotopic (exact) mass is 448 g/mol. The van der Waals surface area contributed by atoms with E-state index in [1.165, 1.54) is 23.9 Å². The van der Waals surface area contributed by atoms with Gasteiger partial charge < -0.3 is 9.47 Å². The molecule has 32 heavy (non-hydrogen) atoms. The van der Waals surface area contributed by atoms with Gasteiger partial charge in [0.1, 0.15) is 11.6 Å². The molecule has 1 aliphatic heterocycles. The summed E-state index contributed by atoms with van der Waals surface area (Å²) in [7, 11) is 0. The summed E-state index contributed by atoms with van der Waals surface area (Å²) in [6.45, 7) is 4.50. The maximum atomic E-state index is 14.2. The van der Waals surface area contributed by atoms with Crippen LogP contribution in [-0.4, -0.2) is 16.3 Å². The van der Waals surface area contributed by atoms with Gasteiger partial charge in [-0.3, -0.25) is 9.36 Å². The van der Waals surface area contributed by atoms with E-state index < -0.39 is 0 Å². The van der Waals surface area contributed by atoms with Crippen LogP contribution >= 0.6 is 11.8 Å². The minimum atomic E-state index is -0.341. The molecule has 0 saturated heterocycles. The Kier molecular flexibility index (Phi) is 5.45. The number of halogens is 1. The number of ether oxygens (including phenoxy) is 2. The third kappa shape index (κ3) is 3.78. The first-order valence-corrected chi connectivity index (χ1v) is 11.2. The van der Waals surface area contributed by atoms with Crippen molar-refractivity contribution in [2.75, 3.05) is 6.79 Å². The zero-order chi connectivity index (χ0) is 22.2. The van der Waals surface area contributed by atoms with Gasteiger partial charge in [-0.05, 0) is 61.4 Å². The molecule has 162 valence electrons. The SMILES string of the molecule is Cc1ccc(-n2c(SCc3cc(F)cc4c3OCOC4)nc3ccccc3c2=O)cc1C. The molecule has 4 aromatic rings. The highest BCUT2D eigenvalue weighted by Crippen LogP contribution is 2.34. The molecule has 0 aliphatic carbocycles.